The van der Waals surface area contributed by atoms with Crippen molar-refractivity contribution in [2.45, 2.75) is 12.8 Å². The SMILES string of the molecule is O=C(CCc1c[nH]c2ccccc12)c1cccc(F)c1F. The smallest absolute Gasteiger partial charge is 0.169 e. The molecular weight excluding hydrogens is 272 g/mol. The molecular formula is C17H13F2NO. The number of benzene rings is 2. The summed E-state index contributed by atoms with van der Waals surface area (Å²) in [5, 5.41) is 1.05. The maximum atomic E-state index is 13.6. The number of H-pyrrole nitrogens is 1. The monoisotopic (exact) mass is 285 g/mol. The first-order valence-corrected chi connectivity index (χ1v) is 6.69. The number of aryl methyl sites for hydroxylation is 1. The molecule has 2 nitrogen and oxygen atoms in total. The molecule has 0 atom stereocenters. The average molecular weight is 285 g/mol. The van der Waals surface area contributed by atoms with Gasteiger partial charge in [0.05, 0.1) is 5.56 Å². The van der Waals surface area contributed by atoms with Crippen molar-refractivity contribution in [1.29, 1.82) is 0 Å². The lowest BCUT2D eigenvalue weighted by atomic mass is 10.0. The number of ketones is 1. The Kier molecular flexibility index (Phi) is 3.52. The summed E-state index contributed by atoms with van der Waals surface area (Å²) < 4.78 is 26.7. The van der Waals surface area contributed by atoms with Crippen molar-refractivity contribution >= 4 is 16.7 Å². The lowest BCUT2D eigenvalue weighted by molar-refractivity contribution is 0.0978. The molecule has 0 spiro atoms. The molecule has 0 fully saturated rings. The molecule has 1 N–H and O–H groups in total. The molecule has 0 unspecified atom stereocenters. The van der Waals surface area contributed by atoms with E-state index >= 15 is 0 Å². The van der Waals surface area contributed by atoms with Crippen LogP contribution in [0.25, 0.3) is 10.9 Å². The molecule has 1 aromatic heterocycles. The van der Waals surface area contributed by atoms with Crippen LogP contribution in [0.2, 0.25) is 0 Å². The van der Waals surface area contributed by atoms with Gasteiger partial charge < -0.3 is 4.98 Å². The number of rotatable bonds is 4. The molecule has 106 valence electrons. The van der Waals surface area contributed by atoms with E-state index in [2.05, 4.69) is 4.98 Å². The van der Waals surface area contributed by atoms with Gasteiger partial charge in [-0.05, 0) is 30.2 Å². The van der Waals surface area contributed by atoms with Crippen LogP contribution >= 0.6 is 0 Å². The van der Waals surface area contributed by atoms with Crippen LogP contribution in [0, 0.1) is 11.6 Å². The minimum Gasteiger partial charge on any atom is -0.361 e. The highest BCUT2D eigenvalue weighted by Gasteiger charge is 2.15. The zero-order valence-electron chi connectivity index (χ0n) is 11.2. The molecule has 4 heteroatoms. The van der Waals surface area contributed by atoms with E-state index in [1.54, 1.807) is 0 Å². The van der Waals surface area contributed by atoms with Gasteiger partial charge in [-0.15, -0.1) is 0 Å². The second-order valence-electron chi connectivity index (χ2n) is 4.88. The van der Waals surface area contributed by atoms with Gasteiger partial charge >= 0.3 is 0 Å². The molecule has 0 bridgehead atoms. The van der Waals surface area contributed by atoms with Gasteiger partial charge in [0.15, 0.2) is 17.4 Å². The van der Waals surface area contributed by atoms with Crippen molar-refractivity contribution < 1.29 is 13.6 Å². The molecule has 0 aliphatic carbocycles. The Morgan fingerprint density at radius 3 is 2.71 bits per heavy atom. The van der Waals surface area contributed by atoms with Crippen LogP contribution < -0.4 is 0 Å². The van der Waals surface area contributed by atoms with Crippen molar-refractivity contribution in [3.8, 4) is 0 Å². The number of hydrogen-bond acceptors (Lipinski definition) is 1. The number of carbonyl (C=O) groups is 1. The number of nitrogens with one attached hydrogen (secondary N) is 1. The Hall–Kier alpha value is -2.49. The van der Waals surface area contributed by atoms with Crippen LogP contribution in [0.3, 0.4) is 0 Å². The maximum Gasteiger partial charge on any atom is 0.169 e. The van der Waals surface area contributed by atoms with Gasteiger partial charge in [0, 0.05) is 23.5 Å². The molecule has 1 heterocycles. The fourth-order valence-corrected chi connectivity index (χ4v) is 2.44. The van der Waals surface area contributed by atoms with Gasteiger partial charge in [-0.2, -0.15) is 0 Å². The molecule has 0 amide bonds. The topological polar surface area (TPSA) is 32.9 Å². The molecule has 3 rings (SSSR count). The zero-order valence-corrected chi connectivity index (χ0v) is 11.2. The van der Waals surface area contributed by atoms with E-state index in [1.807, 2.05) is 30.5 Å². The van der Waals surface area contributed by atoms with Gasteiger partial charge in [-0.25, -0.2) is 8.78 Å². The highest BCUT2D eigenvalue weighted by atomic mass is 19.2. The average Bonchev–Trinajstić information content (AvgIpc) is 2.91. The maximum absolute atomic E-state index is 13.6. The molecule has 21 heavy (non-hydrogen) atoms. The van der Waals surface area contributed by atoms with Crippen molar-refractivity contribution in [3.63, 3.8) is 0 Å². The summed E-state index contributed by atoms with van der Waals surface area (Å²) in [6.07, 6.45) is 2.47. The number of carbonyl (C=O) groups excluding carboxylic acids is 1. The number of Topliss-reactive ketones (excluding diaryl/α,β-unsaturated/α-hetero) is 1. The molecule has 3 aromatic rings. The van der Waals surface area contributed by atoms with Crippen LogP contribution in [0.15, 0.2) is 48.7 Å². The first-order chi connectivity index (χ1) is 10.2. The number of aromatic amines is 1. The second-order valence-corrected chi connectivity index (χ2v) is 4.88. The predicted octanol–water partition coefficient (Wildman–Crippen LogP) is 4.26. The third-order valence-corrected chi connectivity index (χ3v) is 3.55. The van der Waals surface area contributed by atoms with Gasteiger partial charge in [0.25, 0.3) is 0 Å². The van der Waals surface area contributed by atoms with Gasteiger partial charge in [-0.1, -0.05) is 24.3 Å². The summed E-state index contributed by atoms with van der Waals surface area (Å²) in [6.45, 7) is 0. The number of para-hydroxylation sites is 1. The molecule has 0 saturated heterocycles. The Labute approximate surface area is 120 Å². The summed E-state index contributed by atoms with van der Waals surface area (Å²) in [5.74, 6) is -2.45. The molecule has 0 aliphatic rings. The van der Waals surface area contributed by atoms with Gasteiger partial charge in [-0.3, -0.25) is 4.79 Å². The molecule has 0 radical (unpaired) electrons. The predicted molar refractivity (Wildman–Crippen MR) is 77.3 cm³/mol. The lowest BCUT2D eigenvalue weighted by Gasteiger charge is -2.03. The number of hydrogen-bond donors (Lipinski definition) is 1. The highest BCUT2D eigenvalue weighted by molar-refractivity contribution is 5.96. The largest absolute Gasteiger partial charge is 0.361 e. The summed E-state index contributed by atoms with van der Waals surface area (Å²) >= 11 is 0. The van der Waals surface area contributed by atoms with Crippen molar-refractivity contribution in [1.82, 2.24) is 4.98 Å². The van der Waals surface area contributed by atoms with E-state index in [4.69, 9.17) is 0 Å². The summed E-state index contributed by atoms with van der Waals surface area (Å²) in [5.41, 5.74) is 1.81. The number of aromatic nitrogens is 1. The standard InChI is InChI=1S/C17H13F2NO/c18-14-6-3-5-13(17(14)19)16(21)9-8-11-10-20-15-7-2-1-4-12(11)15/h1-7,10,20H,8-9H2. The summed E-state index contributed by atoms with van der Waals surface area (Å²) in [7, 11) is 0. The van der Waals surface area contributed by atoms with E-state index in [-0.39, 0.29) is 12.0 Å². The molecule has 0 aliphatic heterocycles. The van der Waals surface area contributed by atoms with E-state index in [9.17, 15) is 13.6 Å². The number of fused-ring (bicyclic) bond motifs is 1. The van der Waals surface area contributed by atoms with E-state index in [1.165, 1.54) is 12.1 Å². The van der Waals surface area contributed by atoms with Crippen LogP contribution in [-0.2, 0) is 6.42 Å². The quantitative estimate of drug-likeness (QED) is 0.714. The third-order valence-electron chi connectivity index (χ3n) is 3.55. The Bertz CT molecular complexity index is 807. The van der Waals surface area contributed by atoms with Gasteiger partial charge in [0.1, 0.15) is 0 Å². The van der Waals surface area contributed by atoms with Crippen LogP contribution in [0.4, 0.5) is 8.78 Å². The molecule has 0 saturated carbocycles. The minimum absolute atomic E-state index is 0.141. The summed E-state index contributed by atoms with van der Waals surface area (Å²) in [6, 6.07) is 11.4. The van der Waals surface area contributed by atoms with Crippen molar-refractivity contribution in [3.05, 3.63) is 71.4 Å². The summed E-state index contributed by atoms with van der Waals surface area (Å²) in [4.78, 5) is 15.2. The van der Waals surface area contributed by atoms with Crippen molar-refractivity contribution in [2.75, 3.05) is 0 Å². The first kappa shape index (κ1) is 13.5. The van der Waals surface area contributed by atoms with Crippen LogP contribution in [0.1, 0.15) is 22.3 Å². The second kappa shape index (κ2) is 5.48. The Balaban J connectivity index is 1.78. The normalized spacial score (nSPS) is 11.0. The Morgan fingerprint density at radius 2 is 1.86 bits per heavy atom. The zero-order chi connectivity index (χ0) is 14.8. The van der Waals surface area contributed by atoms with Gasteiger partial charge in [0.2, 0.25) is 0 Å². The van der Waals surface area contributed by atoms with Crippen molar-refractivity contribution in [2.24, 2.45) is 0 Å². The minimum atomic E-state index is -1.07. The van der Waals surface area contributed by atoms with E-state index in [0.29, 0.717) is 6.42 Å². The van der Waals surface area contributed by atoms with Crippen LogP contribution in [-0.4, -0.2) is 10.8 Å². The fourth-order valence-electron chi connectivity index (χ4n) is 2.44. The Morgan fingerprint density at radius 1 is 1.05 bits per heavy atom. The molecule has 2 aromatic carbocycles. The van der Waals surface area contributed by atoms with Crippen LogP contribution in [0.5, 0.6) is 0 Å². The highest BCUT2D eigenvalue weighted by Crippen LogP contribution is 2.20. The van der Waals surface area contributed by atoms with E-state index < -0.39 is 17.4 Å². The number of halogens is 2. The van der Waals surface area contributed by atoms with E-state index in [0.717, 1.165) is 22.5 Å². The lowest BCUT2D eigenvalue weighted by Crippen LogP contribution is -2.05. The fraction of sp³-hybridized carbons (Fsp3) is 0.118. The first-order valence-electron chi connectivity index (χ1n) is 6.69. The third kappa shape index (κ3) is 2.57.